The molecule has 106 valence electrons. The van der Waals surface area contributed by atoms with E-state index in [0.717, 1.165) is 0 Å². The number of nitro benzene ring substituents is 1. The summed E-state index contributed by atoms with van der Waals surface area (Å²) >= 11 is 5.55. The summed E-state index contributed by atoms with van der Waals surface area (Å²) in [5.74, 6) is -0.0399. The molecule has 0 saturated carbocycles. The van der Waals surface area contributed by atoms with Gasteiger partial charge in [-0.05, 0) is 11.6 Å². The first kappa shape index (κ1) is 15.5. The Hall–Kier alpha value is -1.54. The van der Waals surface area contributed by atoms with E-state index in [4.69, 9.17) is 16.3 Å². The van der Waals surface area contributed by atoms with Crippen molar-refractivity contribution in [3.63, 3.8) is 0 Å². The van der Waals surface area contributed by atoms with Crippen molar-refractivity contribution in [2.24, 2.45) is 0 Å². The SMILES string of the molecule is O=[N+]([O-])c1ccc(CCl)cc1OCCOC(F)(F)F. The van der Waals surface area contributed by atoms with Crippen molar-refractivity contribution in [1.29, 1.82) is 0 Å². The van der Waals surface area contributed by atoms with E-state index in [1.54, 1.807) is 0 Å². The Bertz CT molecular complexity index is 453. The predicted octanol–water partition coefficient (Wildman–Crippen LogP) is 3.25. The maximum absolute atomic E-state index is 11.7. The van der Waals surface area contributed by atoms with Crippen molar-refractivity contribution in [1.82, 2.24) is 0 Å². The van der Waals surface area contributed by atoms with E-state index in [0.29, 0.717) is 5.56 Å². The zero-order valence-electron chi connectivity index (χ0n) is 9.45. The van der Waals surface area contributed by atoms with Gasteiger partial charge in [-0.25, -0.2) is 0 Å². The van der Waals surface area contributed by atoms with Gasteiger partial charge in [0.15, 0.2) is 5.75 Å². The minimum absolute atomic E-state index is 0.105. The van der Waals surface area contributed by atoms with Crippen LogP contribution >= 0.6 is 11.6 Å². The second kappa shape index (κ2) is 6.58. The largest absolute Gasteiger partial charge is 0.522 e. The lowest BCUT2D eigenvalue weighted by molar-refractivity contribution is -0.386. The molecule has 0 aromatic heterocycles. The van der Waals surface area contributed by atoms with Crippen LogP contribution in [0.2, 0.25) is 0 Å². The fourth-order valence-corrected chi connectivity index (χ4v) is 1.38. The van der Waals surface area contributed by atoms with E-state index in [-0.39, 0.29) is 17.3 Å². The second-order valence-electron chi connectivity index (χ2n) is 3.34. The molecule has 9 heteroatoms. The molecule has 0 saturated heterocycles. The van der Waals surface area contributed by atoms with Crippen LogP contribution in [-0.2, 0) is 10.6 Å². The molecule has 1 rings (SSSR count). The maximum Gasteiger partial charge on any atom is 0.522 e. The number of benzene rings is 1. The third-order valence-electron chi connectivity index (χ3n) is 1.98. The Morgan fingerprint density at radius 1 is 1.32 bits per heavy atom. The van der Waals surface area contributed by atoms with Gasteiger partial charge in [-0.3, -0.25) is 14.9 Å². The number of nitrogens with zero attached hydrogens (tertiary/aromatic N) is 1. The highest BCUT2D eigenvalue weighted by Gasteiger charge is 2.28. The molecule has 5 nitrogen and oxygen atoms in total. The molecule has 0 atom stereocenters. The molecule has 0 unspecified atom stereocenters. The molecular formula is C10H9ClF3NO4. The van der Waals surface area contributed by atoms with Crippen LogP contribution in [0, 0.1) is 10.1 Å². The summed E-state index contributed by atoms with van der Waals surface area (Å²) in [6, 6.07) is 3.92. The van der Waals surface area contributed by atoms with Gasteiger partial charge in [0.25, 0.3) is 0 Å². The molecule has 0 amide bonds. The van der Waals surface area contributed by atoms with Crippen LogP contribution < -0.4 is 4.74 Å². The summed E-state index contributed by atoms with van der Waals surface area (Å²) in [4.78, 5) is 10.00. The Labute approximate surface area is 111 Å². The van der Waals surface area contributed by atoms with Crippen molar-refractivity contribution in [3.8, 4) is 5.75 Å². The first-order valence-electron chi connectivity index (χ1n) is 5.00. The van der Waals surface area contributed by atoms with Gasteiger partial charge < -0.3 is 4.74 Å². The first-order valence-corrected chi connectivity index (χ1v) is 5.53. The molecule has 19 heavy (non-hydrogen) atoms. The standard InChI is InChI=1S/C10H9ClF3NO4/c11-6-7-1-2-8(15(16)17)9(5-7)18-3-4-19-10(12,13)14/h1-2,5H,3-4,6H2. The van der Waals surface area contributed by atoms with Gasteiger partial charge in [-0.15, -0.1) is 24.8 Å². The van der Waals surface area contributed by atoms with Crippen molar-refractivity contribution >= 4 is 17.3 Å². The first-order chi connectivity index (χ1) is 8.83. The van der Waals surface area contributed by atoms with Crippen LogP contribution in [0.5, 0.6) is 5.75 Å². The summed E-state index contributed by atoms with van der Waals surface area (Å²) in [6.07, 6.45) is -4.76. The summed E-state index contributed by atoms with van der Waals surface area (Å²) in [6.45, 7) is -1.22. The Kier molecular flexibility index (Phi) is 5.37. The molecule has 0 heterocycles. The zero-order chi connectivity index (χ0) is 14.5. The third kappa shape index (κ3) is 5.31. The third-order valence-corrected chi connectivity index (χ3v) is 2.29. The topological polar surface area (TPSA) is 61.6 Å². The number of alkyl halides is 4. The van der Waals surface area contributed by atoms with Gasteiger partial charge in [-0.2, -0.15) is 0 Å². The van der Waals surface area contributed by atoms with Gasteiger partial charge in [0.2, 0.25) is 0 Å². The maximum atomic E-state index is 11.7. The van der Waals surface area contributed by atoms with E-state index in [9.17, 15) is 23.3 Å². The molecule has 0 aliphatic heterocycles. The number of ether oxygens (including phenoxy) is 2. The van der Waals surface area contributed by atoms with Crippen LogP contribution in [0.4, 0.5) is 18.9 Å². The Balaban J connectivity index is 2.67. The van der Waals surface area contributed by atoms with Gasteiger partial charge in [0, 0.05) is 11.9 Å². The molecule has 0 aliphatic rings. The minimum atomic E-state index is -4.76. The molecular weight excluding hydrogens is 291 g/mol. The van der Waals surface area contributed by atoms with Crippen LogP contribution in [0.15, 0.2) is 18.2 Å². The van der Waals surface area contributed by atoms with Crippen molar-refractivity contribution < 1.29 is 27.6 Å². The monoisotopic (exact) mass is 299 g/mol. The fraction of sp³-hybridized carbons (Fsp3) is 0.400. The Morgan fingerprint density at radius 2 is 2.00 bits per heavy atom. The van der Waals surface area contributed by atoms with Gasteiger partial charge in [-0.1, -0.05) is 6.07 Å². The molecule has 0 bridgehead atoms. The molecule has 0 aliphatic carbocycles. The van der Waals surface area contributed by atoms with E-state index >= 15 is 0 Å². The van der Waals surface area contributed by atoms with E-state index in [1.807, 2.05) is 0 Å². The fourth-order valence-electron chi connectivity index (χ4n) is 1.22. The van der Waals surface area contributed by atoms with Gasteiger partial charge in [0.1, 0.15) is 6.61 Å². The van der Waals surface area contributed by atoms with E-state index < -0.39 is 24.5 Å². The summed E-state index contributed by atoms with van der Waals surface area (Å²) in [7, 11) is 0. The summed E-state index contributed by atoms with van der Waals surface area (Å²) in [5.41, 5.74) is 0.208. The molecule has 0 N–H and O–H groups in total. The normalized spacial score (nSPS) is 11.4. The molecule has 0 fully saturated rings. The van der Waals surface area contributed by atoms with E-state index in [1.165, 1.54) is 18.2 Å². The number of hydrogen-bond acceptors (Lipinski definition) is 4. The van der Waals surface area contributed by atoms with E-state index in [2.05, 4.69) is 4.74 Å². The Morgan fingerprint density at radius 3 is 2.53 bits per heavy atom. The van der Waals surface area contributed by atoms with Crippen LogP contribution in [-0.4, -0.2) is 24.5 Å². The quantitative estimate of drug-likeness (QED) is 0.350. The highest BCUT2D eigenvalue weighted by atomic mass is 35.5. The lowest BCUT2D eigenvalue weighted by Crippen LogP contribution is -2.18. The smallest absolute Gasteiger partial charge is 0.484 e. The average molecular weight is 300 g/mol. The summed E-state index contributed by atoms with van der Waals surface area (Å²) < 4.78 is 43.5. The molecule has 1 aromatic carbocycles. The van der Waals surface area contributed by atoms with Crippen LogP contribution in [0.3, 0.4) is 0 Å². The highest BCUT2D eigenvalue weighted by molar-refractivity contribution is 6.17. The number of hydrogen-bond donors (Lipinski definition) is 0. The van der Waals surface area contributed by atoms with Crippen LogP contribution in [0.1, 0.15) is 5.56 Å². The zero-order valence-corrected chi connectivity index (χ0v) is 10.2. The van der Waals surface area contributed by atoms with Gasteiger partial charge >= 0.3 is 12.0 Å². The number of halogens is 4. The molecule has 0 spiro atoms. The average Bonchev–Trinajstić information content (AvgIpc) is 2.33. The minimum Gasteiger partial charge on any atom is -0.484 e. The second-order valence-corrected chi connectivity index (χ2v) is 3.60. The van der Waals surface area contributed by atoms with Crippen molar-refractivity contribution in [2.45, 2.75) is 12.2 Å². The van der Waals surface area contributed by atoms with Crippen LogP contribution in [0.25, 0.3) is 0 Å². The van der Waals surface area contributed by atoms with Gasteiger partial charge in [0.05, 0.1) is 11.5 Å². The van der Waals surface area contributed by atoms with Crippen molar-refractivity contribution in [2.75, 3.05) is 13.2 Å². The molecule has 1 aromatic rings. The summed E-state index contributed by atoms with van der Waals surface area (Å²) in [5, 5.41) is 10.7. The van der Waals surface area contributed by atoms with Crippen molar-refractivity contribution in [3.05, 3.63) is 33.9 Å². The number of rotatable bonds is 6. The molecule has 0 radical (unpaired) electrons. The lowest BCUT2D eigenvalue weighted by atomic mass is 10.2. The highest BCUT2D eigenvalue weighted by Crippen LogP contribution is 2.28. The number of nitro groups is 1. The predicted molar refractivity (Wildman–Crippen MR) is 60.2 cm³/mol. The lowest BCUT2D eigenvalue weighted by Gasteiger charge is -2.09.